The van der Waals surface area contributed by atoms with Crippen LogP contribution in [0.15, 0.2) is 65.3 Å². The quantitative estimate of drug-likeness (QED) is 0.477. The summed E-state index contributed by atoms with van der Waals surface area (Å²) < 4.78 is 5.82. The molecule has 5 rings (SSSR count). The summed E-state index contributed by atoms with van der Waals surface area (Å²) in [4.78, 5) is 26.2. The molecule has 166 valence electrons. The summed E-state index contributed by atoms with van der Waals surface area (Å²) in [6, 6.07) is 15.6. The van der Waals surface area contributed by atoms with E-state index < -0.39 is 0 Å². The number of rotatable bonds is 4. The molecule has 2 aromatic carbocycles. The maximum atomic E-state index is 13.1. The Hall–Kier alpha value is -4.07. The van der Waals surface area contributed by atoms with Gasteiger partial charge in [0.15, 0.2) is 0 Å². The maximum Gasteiger partial charge on any atom is 0.268 e. The average molecular weight is 441 g/mol. The standard InChI is InChI=1S/C25H24N6O2/c1-17-7-6-8-18(2)22(17)25(32)31-13-11-30(12-14-31)21-16-26-15-20(27-21)24-29-28-23(33-24)19-9-4-3-5-10-19/h3-10,15-16H,11-14H2,1-2H3. The predicted molar refractivity (Wildman–Crippen MR) is 125 cm³/mol. The van der Waals surface area contributed by atoms with Gasteiger partial charge in [0, 0.05) is 37.3 Å². The van der Waals surface area contributed by atoms with Gasteiger partial charge in [0.1, 0.15) is 11.5 Å². The highest BCUT2D eigenvalue weighted by atomic mass is 16.4. The van der Waals surface area contributed by atoms with Crippen LogP contribution < -0.4 is 4.90 Å². The summed E-state index contributed by atoms with van der Waals surface area (Å²) in [5.41, 5.74) is 4.20. The molecule has 0 bridgehead atoms. The fraction of sp³-hybridized carbons (Fsp3) is 0.240. The molecule has 33 heavy (non-hydrogen) atoms. The number of anilines is 1. The van der Waals surface area contributed by atoms with E-state index >= 15 is 0 Å². The number of nitrogens with zero attached hydrogens (tertiary/aromatic N) is 6. The number of benzene rings is 2. The van der Waals surface area contributed by atoms with E-state index in [4.69, 9.17) is 9.40 Å². The van der Waals surface area contributed by atoms with Crippen LogP contribution in [0.5, 0.6) is 0 Å². The van der Waals surface area contributed by atoms with Gasteiger partial charge < -0.3 is 14.2 Å². The van der Waals surface area contributed by atoms with E-state index in [2.05, 4.69) is 20.1 Å². The van der Waals surface area contributed by atoms with Crippen molar-refractivity contribution in [2.75, 3.05) is 31.1 Å². The van der Waals surface area contributed by atoms with Gasteiger partial charge in [-0.25, -0.2) is 4.98 Å². The molecule has 0 saturated carbocycles. The third-order valence-electron chi connectivity index (χ3n) is 5.87. The van der Waals surface area contributed by atoms with Crippen LogP contribution in [0.25, 0.3) is 23.0 Å². The summed E-state index contributed by atoms with van der Waals surface area (Å²) in [6.45, 7) is 6.56. The first-order chi connectivity index (χ1) is 16.1. The molecule has 0 unspecified atom stereocenters. The van der Waals surface area contributed by atoms with Gasteiger partial charge in [0.05, 0.1) is 12.4 Å². The van der Waals surface area contributed by atoms with Gasteiger partial charge in [0.2, 0.25) is 5.89 Å². The van der Waals surface area contributed by atoms with Crippen LogP contribution in [0.1, 0.15) is 21.5 Å². The minimum absolute atomic E-state index is 0.0874. The molecule has 1 aliphatic rings. The van der Waals surface area contributed by atoms with E-state index in [1.165, 1.54) is 0 Å². The summed E-state index contributed by atoms with van der Waals surface area (Å²) in [5.74, 6) is 1.58. The van der Waals surface area contributed by atoms with Crippen LogP contribution in [0.4, 0.5) is 5.82 Å². The molecular weight excluding hydrogens is 416 g/mol. The molecule has 0 N–H and O–H groups in total. The summed E-state index contributed by atoms with van der Waals surface area (Å²) in [5, 5.41) is 8.28. The number of aryl methyl sites for hydroxylation is 2. The molecule has 1 amide bonds. The van der Waals surface area contributed by atoms with Gasteiger partial charge in [0.25, 0.3) is 11.8 Å². The van der Waals surface area contributed by atoms with Crippen molar-refractivity contribution in [2.45, 2.75) is 13.8 Å². The molecule has 2 aromatic heterocycles. The van der Waals surface area contributed by atoms with Crippen molar-refractivity contribution in [1.29, 1.82) is 0 Å². The highest BCUT2D eigenvalue weighted by Gasteiger charge is 2.25. The largest absolute Gasteiger partial charge is 0.415 e. The van der Waals surface area contributed by atoms with Gasteiger partial charge in [-0.1, -0.05) is 36.4 Å². The number of carbonyl (C=O) groups excluding carboxylic acids is 1. The topological polar surface area (TPSA) is 88.3 Å². The molecular formula is C25H24N6O2. The van der Waals surface area contributed by atoms with Gasteiger partial charge in [-0.15, -0.1) is 10.2 Å². The number of hydrogen-bond donors (Lipinski definition) is 0. The van der Waals surface area contributed by atoms with Crippen molar-refractivity contribution in [2.24, 2.45) is 0 Å². The van der Waals surface area contributed by atoms with Crippen molar-refractivity contribution in [1.82, 2.24) is 25.1 Å². The lowest BCUT2D eigenvalue weighted by Gasteiger charge is -2.35. The number of hydrogen-bond acceptors (Lipinski definition) is 7. The number of piperazine rings is 1. The van der Waals surface area contributed by atoms with Gasteiger partial charge in [-0.2, -0.15) is 0 Å². The minimum atomic E-state index is 0.0874. The third-order valence-corrected chi connectivity index (χ3v) is 5.87. The fourth-order valence-electron chi connectivity index (χ4n) is 4.08. The second-order valence-electron chi connectivity index (χ2n) is 8.09. The van der Waals surface area contributed by atoms with Crippen molar-refractivity contribution < 1.29 is 9.21 Å². The Morgan fingerprint density at radius 3 is 2.27 bits per heavy atom. The van der Waals surface area contributed by atoms with E-state index in [0.29, 0.717) is 43.7 Å². The first-order valence-electron chi connectivity index (χ1n) is 10.9. The number of carbonyl (C=O) groups is 1. The van der Waals surface area contributed by atoms with Crippen LogP contribution in [-0.2, 0) is 0 Å². The number of aromatic nitrogens is 4. The maximum absolute atomic E-state index is 13.1. The smallest absolute Gasteiger partial charge is 0.268 e. The minimum Gasteiger partial charge on any atom is -0.415 e. The zero-order valence-corrected chi connectivity index (χ0v) is 18.6. The molecule has 0 radical (unpaired) electrons. The molecule has 1 saturated heterocycles. The molecule has 0 atom stereocenters. The molecule has 1 aliphatic heterocycles. The lowest BCUT2D eigenvalue weighted by molar-refractivity contribution is 0.0745. The molecule has 8 heteroatoms. The zero-order valence-electron chi connectivity index (χ0n) is 18.6. The third kappa shape index (κ3) is 4.19. The van der Waals surface area contributed by atoms with Crippen molar-refractivity contribution in [3.63, 3.8) is 0 Å². The first kappa shape index (κ1) is 20.8. The van der Waals surface area contributed by atoms with Crippen LogP contribution in [-0.4, -0.2) is 57.2 Å². The van der Waals surface area contributed by atoms with Crippen LogP contribution in [0.2, 0.25) is 0 Å². The summed E-state index contributed by atoms with van der Waals surface area (Å²) >= 11 is 0. The Labute approximate surface area is 191 Å². The molecule has 1 fully saturated rings. The Kier molecular flexibility index (Phi) is 5.56. The SMILES string of the molecule is Cc1cccc(C)c1C(=O)N1CCN(c2cncc(-c3nnc(-c4ccccc4)o3)n2)CC1. The van der Waals surface area contributed by atoms with E-state index in [1.807, 2.05) is 67.3 Å². The summed E-state index contributed by atoms with van der Waals surface area (Å²) in [7, 11) is 0. The van der Waals surface area contributed by atoms with Gasteiger partial charge >= 0.3 is 0 Å². The summed E-state index contributed by atoms with van der Waals surface area (Å²) in [6.07, 6.45) is 3.34. The van der Waals surface area contributed by atoms with Gasteiger partial charge in [-0.3, -0.25) is 9.78 Å². The van der Waals surface area contributed by atoms with Gasteiger partial charge in [-0.05, 0) is 37.1 Å². The highest BCUT2D eigenvalue weighted by Crippen LogP contribution is 2.24. The fourth-order valence-corrected chi connectivity index (χ4v) is 4.08. The van der Waals surface area contributed by atoms with Crippen LogP contribution in [0.3, 0.4) is 0 Å². The van der Waals surface area contributed by atoms with Crippen molar-refractivity contribution >= 4 is 11.7 Å². The molecule has 8 nitrogen and oxygen atoms in total. The Bertz CT molecular complexity index is 1260. The zero-order chi connectivity index (χ0) is 22.8. The highest BCUT2D eigenvalue weighted by molar-refractivity contribution is 5.97. The van der Waals surface area contributed by atoms with Crippen LogP contribution in [0, 0.1) is 13.8 Å². The monoisotopic (exact) mass is 440 g/mol. The Morgan fingerprint density at radius 1 is 0.848 bits per heavy atom. The van der Waals surface area contributed by atoms with E-state index in [1.54, 1.807) is 12.4 Å². The second-order valence-corrected chi connectivity index (χ2v) is 8.09. The van der Waals surface area contributed by atoms with Crippen molar-refractivity contribution in [3.8, 4) is 23.0 Å². The Morgan fingerprint density at radius 2 is 1.55 bits per heavy atom. The number of amides is 1. The normalized spacial score (nSPS) is 13.9. The lowest BCUT2D eigenvalue weighted by atomic mass is 10.0. The Balaban J connectivity index is 1.29. The van der Waals surface area contributed by atoms with E-state index in [9.17, 15) is 4.79 Å². The molecule has 0 aliphatic carbocycles. The molecule has 4 aromatic rings. The average Bonchev–Trinajstić information content (AvgIpc) is 3.35. The predicted octanol–water partition coefficient (Wildman–Crippen LogP) is 3.77. The lowest BCUT2D eigenvalue weighted by Crippen LogP contribution is -2.49. The molecule has 3 heterocycles. The van der Waals surface area contributed by atoms with Crippen LogP contribution >= 0.6 is 0 Å². The van der Waals surface area contributed by atoms with E-state index in [0.717, 1.165) is 28.1 Å². The van der Waals surface area contributed by atoms with Crippen molar-refractivity contribution in [3.05, 3.63) is 77.6 Å². The van der Waals surface area contributed by atoms with E-state index in [-0.39, 0.29) is 5.91 Å². The second kappa shape index (κ2) is 8.82. The first-order valence-corrected chi connectivity index (χ1v) is 10.9. The molecule has 0 spiro atoms.